The van der Waals surface area contributed by atoms with Gasteiger partial charge in [0.2, 0.25) is 0 Å². The van der Waals surface area contributed by atoms with Crippen molar-refractivity contribution >= 4 is 17.9 Å². The molecule has 22 heavy (non-hydrogen) atoms. The highest BCUT2D eigenvalue weighted by atomic mass is 32.1. The van der Waals surface area contributed by atoms with Gasteiger partial charge in [0.1, 0.15) is 5.82 Å². The van der Waals surface area contributed by atoms with Gasteiger partial charge < -0.3 is 5.32 Å². The van der Waals surface area contributed by atoms with Crippen molar-refractivity contribution in [3.8, 4) is 5.69 Å². The van der Waals surface area contributed by atoms with Crippen LogP contribution in [0.4, 0.5) is 10.1 Å². The summed E-state index contributed by atoms with van der Waals surface area (Å²) >= 11 is 5.31. The Balaban J connectivity index is 1.86. The van der Waals surface area contributed by atoms with Gasteiger partial charge in [0.15, 0.2) is 10.6 Å². The predicted molar refractivity (Wildman–Crippen MR) is 87.2 cm³/mol. The van der Waals surface area contributed by atoms with Crippen molar-refractivity contribution in [2.24, 2.45) is 0 Å². The highest BCUT2D eigenvalue weighted by molar-refractivity contribution is 7.71. The average molecular weight is 314 g/mol. The minimum Gasteiger partial charge on any atom is -0.378 e. The number of anilines is 1. The molecule has 3 aromatic rings. The largest absolute Gasteiger partial charge is 0.378 e. The zero-order valence-corrected chi connectivity index (χ0v) is 12.8. The number of hydrogen-bond acceptors (Lipinski definition) is 3. The Bertz CT molecular complexity index is 836. The van der Waals surface area contributed by atoms with Crippen molar-refractivity contribution in [3.63, 3.8) is 0 Å². The second kappa shape index (κ2) is 6.11. The standard InChI is InChI=1S/C16H15FN4S/c1-11-3-2-4-14(9-11)21-15(19-20-16(21)22)10-18-13-7-5-12(17)6-8-13/h2-9,18H,10H2,1H3,(H,20,22). The van der Waals surface area contributed by atoms with Gasteiger partial charge in [0, 0.05) is 11.4 Å². The molecule has 6 heteroatoms. The maximum atomic E-state index is 12.9. The van der Waals surface area contributed by atoms with E-state index in [1.807, 2.05) is 35.8 Å². The normalized spacial score (nSPS) is 10.6. The lowest BCUT2D eigenvalue weighted by molar-refractivity contribution is 0.628. The number of hydrogen-bond donors (Lipinski definition) is 2. The van der Waals surface area contributed by atoms with Crippen LogP contribution in [0.3, 0.4) is 0 Å². The third-order valence-corrected chi connectivity index (χ3v) is 3.57. The molecule has 0 saturated heterocycles. The lowest BCUT2D eigenvalue weighted by Crippen LogP contribution is -2.07. The van der Waals surface area contributed by atoms with Crippen LogP contribution >= 0.6 is 12.2 Å². The fourth-order valence-electron chi connectivity index (χ4n) is 2.23. The van der Waals surface area contributed by atoms with Crippen molar-refractivity contribution in [2.75, 3.05) is 5.32 Å². The molecule has 2 aromatic carbocycles. The van der Waals surface area contributed by atoms with E-state index in [0.717, 1.165) is 22.8 Å². The molecule has 0 radical (unpaired) electrons. The minimum absolute atomic E-state index is 0.256. The van der Waals surface area contributed by atoms with Gasteiger partial charge in [-0.3, -0.25) is 9.67 Å². The molecule has 112 valence electrons. The molecule has 0 aliphatic rings. The molecular formula is C16H15FN4S. The van der Waals surface area contributed by atoms with E-state index >= 15 is 0 Å². The first-order chi connectivity index (χ1) is 10.6. The van der Waals surface area contributed by atoms with Crippen LogP contribution in [-0.2, 0) is 6.54 Å². The first-order valence-corrected chi connectivity index (χ1v) is 7.27. The molecule has 0 saturated carbocycles. The highest BCUT2D eigenvalue weighted by Gasteiger charge is 2.08. The van der Waals surface area contributed by atoms with Gasteiger partial charge in [-0.25, -0.2) is 4.39 Å². The number of aryl methyl sites for hydroxylation is 1. The van der Waals surface area contributed by atoms with Gasteiger partial charge in [-0.1, -0.05) is 12.1 Å². The number of aromatic nitrogens is 3. The lowest BCUT2D eigenvalue weighted by atomic mass is 10.2. The van der Waals surface area contributed by atoms with E-state index in [1.54, 1.807) is 12.1 Å². The summed E-state index contributed by atoms with van der Waals surface area (Å²) in [5.74, 6) is 0.507. The number of benzene rings is 2. The van der Waals surface area contributed by atoms with E-state index in [9.17, 15) is 4.39 Å². The zero-order chi connectivity index (χ0) is 15.5. The Morgan fingerprint density at radius 1 is 1.23 bits per heavy atom. The van der Waals surface area contributed by atoms with Crippen LogP contribution in [0.25, 0.3) is 5.69 Å². The second-order valence-electron chi connectivity index (χ2n) is 4.98. The molecule has 0 atom stereocenters. The van der Waals surface area contributed by atoms with Crippen molar-refractivity contribution < 1.29 is 4.39 Å². The SMILES string of the molecule is Cc1cccc(-n2c(CNc3ccc(F)cc3)n[nH]c2=S)c1. The number of H-pyrrole nitrogens is 1. The van der Waals surface area contributed by atoms with Crippen LogP contribution in [0.5, 0.6) is 0 Å². The molecule has 0 aliphatic heterocycles. The van der Waals surface area contributed by atoms with E-state index in [4.69, 9.17) is 12.2 Å². The van der Waals surface area contributed by atoms with Gasteiger partial charge in [-0.15, -0.1) is 0 Å². The molecule has 0 unspecified atom stereocenters. The molecule has 0 aliphatic carbocycles. The molecule has 0 spiro atoms. The molecule has 0 amide bonds. The Morgan fingerprint density at radius 3 is 2.73 bits per heavy atom. The van der Waals surface area contributed by atoms with Crippen LogP contribution in [0.1, 0.15) is 11.4 Å². The molecule has 3 rings (SSSR count). The zero-order valence-electron chi connectivity index (χ0n) is 12.0. The van der Waals surface area contributed by atoms with Crippen molar-refractivity contribution in [1.29, 1.82) is 0 Å². The van der Waals surface area contributed by atoms with Gasteiger partial charge in [-0.2, -0.15) is 5.10 Å². The minimum atomic E-state index is -0.256. The molecule has 4 nitrogen and oxygen atoms in total. The molecule has 2 N–H and O–H groups in total. The number of halogens is 1. The van der Waals surface area contributed by atoms with Gasteiger partial charge in [0.05, 0.1) is 6.54 Å². The van der Waals surface area contributed by atoms with E-state index < -0.39 is 0 Å². The second-order valence-corrected chi connectivity index (χ2v) is 5.37. The summed E-state index contributed by atoms with van der Waals surface area (Å²) in [6.45, 7) is 2.51. The molecular weight excluding hydrogens is 299 g/mol. The Morgan fingerprint density at radius 2 is 2.00 bits per heavy atom. The van der Waals surface area contributed by atoms with Gasteiger partial charge in [0.25, 0.3) is 0 Å². The van der Waals surface area contributed by atoms with Crippen molar-refractivity contribution in [2.45, 2.75) is 13.5 Å². The first-order valence-electron chi connectivity index (χ1n) is 6.86. The number of rotatable bonds is 4. The van der Waals surface area contributed by atoms with Crippen LogP contribution in [0, 0.1) is 17.5 Å². The van der Waals surface area contributed by atoms with E-state index in [2.05, 4.69) is 15.5 Å². The molecule has 0 fully saturated rings. The summed E-state index contributed by atoms with van der Waals surface area (Å²) in [4.78, 5) is 0. The number of aromatic amines is 1. The Labute approximate surface area is 132 Å². The van der Waals surface area contributed by atoms with E-state index in [-0.39, 0.29) is 5.82 Å². The summed E-state index contributed by atoms with van der Waals surface area (Å²) in [7, 11) is 0. The molecule has 1 aromatic heterocycles. The summed E-state index contributed by atoms with van der Waals surface area (Å²) in [5, 5.41) is 10.3. The lowest BCUT2D eigenvalue weighted by Gasteiger charge is -2.09. The maximum absolute atomic E-state index is 12.9. The third-order valence-electron chi connectivity index (χ3n) is 3.30. The number of nitrogens with zero attached hydrogens (tertiary/aromatic N) is 2. The summed E-state index contributed by atoms with van der Waals surface area (Å²) in [6, 6.07) is 14.3. The maximum Gasteiger partial charge on any atom is 0.199 e. The smallest absolute Gasteiger partial charge is 0.199 e. The Kier molecular flexibility index (Phi) is 4.02. The monoisotopic (exact) mass is 314 g/mol. The van der Waals surface area contributed by atoms with Gasteiger partial charge in [-0.05, 0) is 61.1 Å². The topological polar surface area (TPSA) is 45.6 Å². The third kappa shape index (κ3) is 3.07. The summed E-state index contributed by atoms with van der Waals surface area (Å²) < 4.78 is 15.3. The Hall–Kier alpha value is -2.47. The number of nitrogens with one attached hydrogen (secondary N) is 2. The van der Waals surface area contributed by atoms with E-state index in [0.29, 0.717) is 11.3 Å². The summed E-state index contributed by atoms with van der Waals surface area (Å²) in [6.07, 6.45) is 0. The fourth-order valence-corrected chi connectivity index (χ4v) is 2.49. The first kappa shape index (κ1) is 14.5. The van der Waals surface area contributed by atoms with Crippen LogP contribution in [0.2, 0.25) is 0 Å². The van der Waals surface area contributed by atoms with Crippen LogP contribution in [0.15, 0.2) is 48.5 Å². The van der Waals surface area contributed by atoms with Crippen molar-refractivity contribution in [1.82, 2.24) is 14.8 Å². The predicted octanol–water partition coefficient (Wildman–Crippen LogP) is 3.99. The van der Waals surface area contributed by atoms with Crippen LogP contribution < -0.4 is 5.32 Å². The average Bonchev–Trinajstić information content (AvgIpc) is 2.87. The highest BCUT2D eigenvalue weighted by Crippen LogP contribution is 2.15. The quantitative estimate of drug-likeness (QED) is 0.716. The molecule has 1 heterocycles. The fraction of sp³-hybridized carbons (Fsp3) is 0.125. The van der Waals surface area contributed by atoms with Crippen molar-refractivity contribution in [3.05, 3.63) is 70.5 Å². The van der Waals surface area contributed by atoms with Gasteiger partial charge >= 0.3 is 0 Å². The van der Waals surface area contributed by atoms with E-state index in [1.165, 1.54) is 12.1 Å². The van der Waals surface area contributed by atoms with Crippen LogP contribution in [-0.4, -0.2) is 14.8 Å². The summed E-state index contributed by atoms with van der Waals surface area (Å²) in [5.41, 5.74) is 2.94. The molecule has 0 bridgehead atoms.